The molecule has 0 spiro atoms. The van der Waals surface area contributed by atoms with E-state index in [9.17, 15) is 14.4 Å². The van der Waals surface area contributed by atoms with E-state index in [1.165, 1.54) is 270 Å². The van der Waals surface area contributed by atoms with Crippen LogP contribution in [0.25, 0.3) is 0 Å². The topological polar surface area (TPSA) is 78.9 Å². The molecule has 0 aliphatic rings. The highest BCUT2D eigenvalue weighted by Crippen LogP contribution is 2.19. The first kappa shape index (κ1) is 78.4. The van der Waals surface area contributed by atoms with Crippen LogP contribution in [0, 0.1) is 0 Å². The number of hydrogen-bond acceptors (Lipinski definition) is 6. The number of hydrogen-bond donors (Lipinski definition) is 0. The first-order valence-corrected chi connectivity index (χ1v) is 36.1. The molecule has 6 nitrogen and oxygen atoms in total. The van der Waals surface area contributed by atoms with Gasteiger partial charge in [0.2, 0.25) is 0 Å². The van der Waals surface area contributed by atoms with E-state index < -0.39 is 6.10 Å². The van der Waals surface area contributed by atoms with E-state index in [4.69, 9.17) is 14.2 Å². The van der Waals surface area contributed by atoms with E-state index in [0.29, 0.717) is 19.3 Å². The second-order valence-electron chi connectivity index (χ2n) is 24.5. The summed E-state index contributed by atoms with van der Waals surface area (Å²) < 4.78 is 16.9. The molecule has 0 aromatic heterocycles. The number of esters is 3. The third-order valence-electron chi connectivity index (χ3n) is 16.3. The summed E-state index contributed by atoms with van der Waals surface area (Å²) in [5.41, 5.74) is 0. The van der Waals surface area contributed by atoms with Crippen LogP contribution in [-0.4, -0.2) is 37.2 Å². The molecule has 0 amide bonds. The van der Waals surface area contributed by atoms with Crippen LogP contribution in [0.5, 0.6) is 0 Å². The zero-order valence-electron chi connectivity index (χ0n) is 54.6. The molecule has 0 aliphatic carbocycles. The Morgan fingerprint density at radius 2 is 0.481 bits per heavy atom. The van der Waals surface area contributed by atoms with Crippen LogP contribution in [0.15, 0.2) is 48.6 Å². The molecular formula is C75H138O6. The Hall–Kier alpha value is -2.63. The SMILES string of the molecule is CC/C=C\C/C=C\C/C=C\C/C=C\CCCCCCCCCCCCCCC(=O)OC(COC(=O)CCCCCCCCCCC)COC(=O)CCCCCCCCCCCCCCCCCCCCCCCCCCCCCCC. The van der Waals surface area contributed by atoms with Gasteiger partial charge in [0.15, 0.2) is 6.10 Å². The number of rotatable bonds is 67. The molecule has 0 aromatic carbocycles. The van der Waals surface area contributed by atoms with Gasteiger partial charge in [-0.15, -0.1) is 0 Å². The monoisotopic (exact) mass is 1140 g/mol. The molecule has 0 rings (SSSR count). The van der Waals surface area contributed by atoms with Gasteiger partial charge in [0.25, 0.3) is 0 Å². The van der Waals surface area contributed by atoms with Crippen LogP contribution in [0.4, 0.5) is 0 Å². The first-order chi connectivity index (χ1) is 40.0. The van der Waals surface area contributed by atoms with Crippen molar-refractivity contribution < 1.29 is 28.6 Å². The minimum absolute atomic E-state index is 0.0680. The van der Waals surface area contributed by atoms with Crippen molar-refractivity contribution in [3.05, 3.63) is 48.6 Å². The summed E-state index contributed by atoms with van der Waals surface area (Å²) in [6.45, 7) is 6.58. The van der Waals surface area contributed by atoms with Gasteiger partial charge < -0.3 is 14.2 Å². The highest BCUT2D eigenvalue weighted by atomic mass is 16.6. The molecule has 1 atom stereocenters. The van der Waals surface area contributed by atoms with Crippen LogP contribution in [0.3, 0.4) is 0 Å². The first-order valence-electron chi connectivity index (χ1n) is 36.1. The largest absolute Gasteiger partial charge is 0.462 e. The Labute approximate surface area is 505 Å². The Balaban J connectivity index is 4.08. The normalized spacial score (nSPS) is 12.3. The van der Waals surface area contributed by atoms with Crippen LogP contribution in [-0.2, 0) is 28.6 Å². The van der Waals surface area contributed by atoms with Gasteiger partial charge in [-0.2, -0.15) is 0 Å². The summed E-state index contributed by atoms with van der Waals surface area (Å²) in [5.74, 6) is -0.846. The van der Waals surface area contributed by atoms with Gasteiger partial charge in [0.1, 0.15) is 13.2 Å². The van der Waals surface area contributed by atoms with Crippen molar-refractivity contribution in [1.82, 2.24) is 0 Å². The molecule has 81 heavy (non-hydrogen) atoms. The zero-order valence-corrected chi connectivity index (χ0v) is 54.6. The predicted octanol–water partition coefficient (Wildman–Crippen LogP) is 24.9. The summed E-state index contributed by atoms with van der Waals surface area (Å²) >= 11 is 0. The van der Waals surface area contributed by atoms with Crippen LogP contribution in [0.1, 0.15) is 393 Å². The summed E-state index contributed by atoms with van der Waals surface area (Å²) in [6.07, 6.45) is 88.8. The van der Waals surface area contributed by atoms with E-state index in [2.05, 4.69) is 69.4 Å². The maximum atomic E-state index is 12.9. The predicted molar refractivity (Wildman–Crippen MR) is 353 cm³/mol. The van der Waals surface area contributed by atoms with Crippen molar-refractivity contribution in [1.29, 1.82) is 0 Å². The average molecular weight is 1140 g/mol. The van der Waals surface area contributed by atoms with Crippen molar-refractivity contribution in [3.8, 4) is 0 Å². The van der Waals surface area contributed by atoms with Crippen molar-refractivity contribution in [2.45, 2.75) is 399 Å². The number of allylic oxidation sites excluding steroid dienone is 8. The van der Waals surface area contributed by atoms with Crippen molar-refractivity contribution in [2.75, 3.05) is 13.2 Å². The molecular weight excluding hydrogens is 997 g/mol. The van der Waals surface area contributed by atoms with Gasteiger partial charge >= 0.3 is 17.9 Å². The molecule has 474 valence electrons. The second-order valence-corrected chi connectivity index (χ2v) is 24.5. The maximum Gasteiger partial charge on any atom is 0.306 e. The number of carbonyl (C=O) groups is 3. The number of unbranched alkanes of at least 4 members (excludes halogenated alkanes) is 48. The molecule has 0 aliphatic heterocycles. The summed E-state index contributed by atoms with van der Waals surface area (Å²) in [5, 5.41) is 0. The molecule has 0 radical (unpaired) electrons. The lowest BCUT2D eigenvalue weighted by Gasteiger charge is -2.18. The highest BCUT2D eigenvalue weighted by molar-refractivity contribution is 5.71. The van der Waals surface area contributed by atoms with E-state index in [1.54, 1.807) is 0 Å². The van der Waals surface area contributed by atoms with Crippen LogP contribution < -0.4 is 0 Å². The van der Waals surface area contributed by atoms with Gasteiger partial charge in [-0.05, 0) is 57.8 Å². The smallest absolute Gasteiger partial charge is 0.306 e. The summed E-state index contributed by atoms with van der Waals surface area (Å²) in [6, 6.07) is 0. The lowest BCUT2D eigenvalue weighted by atomic mass is 10.0. The Morgan fingerprint density at radius 3 is 0.753 bits per heavy atom. The zero-order chi connectivity index (χ0) is 58.5. The maximum absolute atomic E-state index is 12.9. The molecule has 0 N–H and O–H groups in total. The standard InChI is InChI=1S/C75H138O6/c1-4-7-10-13-16-19-21-23-25-27-29-31-33-35-36-37-38-40-41-43-45-47-49-51-53-56-59-62-65-68-74(77)80-71-72(70-79-73(76)67-64-61-58-55-18-15-12-9-6-3)81-75(78)69-66-63-60-57-54-52-50-48-46-44-42-39-34-32-30-28-26-24-22-20-17-14-11-8-5-2/h8,11,17,20,24,26,30,32,72H,4-7,9-10,12-16,18-19,21-23,25,27-29,31,33-71H2,1-3H3/b11-8-,20-17-,26-24-,32-30-. The number of ether oxygens (including phenoxy) is 3. The van der Waals surface area contributed by atoms with Gasteiger partial charge in [0, 0.05) is 19.3 Å². The average Bonchev–Trinajstić information content (AvgIpc) is 3.47. The van der Waals surface area contributed by atoms with E-state index >= 15 is 0 Å². The molecule has 0 aromatic rings. The van der Waals surface area contributed by atoms with Gasteiger partial charge in [-0.1, -0.05) is 365 Å². The van der Waals surface area contributed by atoms with E-state index in [1.807, 2.05) is 0 Å². The Morgan fingerprint density at radius 1 is 0.259 bits per heavy atom. The van der Waals surface area contributed by atoms with Gasteiger partial charge in [-0.3, -0.25) is 14.4 Å². The second kappa shape index (κ2) is 69.9. The van der Waals surface area contributed by atoms with Crippen molar-refractivity contribution in [2.24, 2.45) is 0 Å². The fraction of sp³-hybridized carbons (Fsp3) is 0.853. The third kappa shape index (κ3) is 68.0. The molecule has 1 unspecified atom stereocenters. The Bertz CT molecular complexity index is 1400. The van der Waals surface area contributed by atoms with E-state index in [0.717, 1.165) is 83.5 Å². The molecule has 0 saturated heterocycles. The molecule has 0 fully saturated rings. The summed E-state index contributed by atoms with van der Waals surface area (Å²) in [4.78, 5) is 38.3. The van der Waals surface area contributed by atoms with E-state index in [-0.39, 0.29) is 31.1 Å². The molecule has 0 heterocycles. The third-order valence-corrected chi connectivity index (χ3v) is 16.3. The quantitative estimate of drug-likeness (QED) is 0.0261. The minimum atomic E-state index is -0.771. The van der Waals surface area contributed by atoms with Crippen LogP contribution in [0.2, 0.25) is 0 Å². The molecule has 0 bridgehead atoms. The Kier molecular flexibility index (Phi) is 67.6. The lowest BCUT2D eigenvalue weighted by Crippen LogP contribution is -2.30. The van der Waals surface area contributed by atoms with Crippen molar-refractivity contribution in [3.63, 3.8) is 0 Å². The highest BCUT2D eigenvalue weighted by Gasteiger charge is 2.19. The summed E-state index contributed by atoms with van der Waals surface area (Å²) in [7, 11) is 0. The van der Waals surface area contributed by atoms with Crippen molar-refractivity contribution >= 4 is 17.9 Å². The van der Waals surface area contributed by atoms with Gasteiger partial charge in [0.05, 0.1) is 0 Å². The minimum Gasteiger partial charge on any atom is -0.462 e. The lowest BCUT2D eigenvalue weighted by molar-refractivity contribution is -0.167. The number of carbonyl (C=O) groups excluding carboxylic acids is 3. The fourth-order valence-corrected chi connectivity index (χ4v) is 11.0. The molecule has 6 heteroatoms. The fourth-order valence-electron chi connectivity index (χ4n) is 11.0. The van der Waals surface area contributed by atoms with Crippen LogP contribution >= 0.6 is 0 Å². The molecule has 0 saturated carbocycles. The van der Waals surface area contributed by atoms with Gasteiger partial charge in [-0.25, -0.2) is 0 Å².